The molecule has 41 heavy (non-hydrogen) atoms. The second-order valence-corrected chi connectivity index (χ2v) is 14.2. The molecule has 0 unspecified atom stereocenters. The molecule has 4 heterocycles. The number of pyridine rings is 1. The van der Waals surface area contributed by atoms with Crippen molar-refractivity contribution >= 4 is 54.5 Å². The van der Waals surface area contributed by atoms with E-state index in [1.54, 1.807) is 0 Å². The van der Waals surface area contributed by atoms with Crippen LogP contribution in [0.4, 0.5) is 26.0 Å². The number of alkyl halides is 2. The number of primary amides is 1. The summed E-state index contributed by atoms with van der Waals surface area (Å²) < 4.78 is 57.2. The molecule has 6 rings (SSSR count). The highest BCUT2D eigenvalue weighted by molar-refractivity contribution is 7.92. The molecule has 2 saturated heterocycles. The van der Waals surface area contributed by atoms with E-state index in [1.807, 2.05) is 22.4 Å². The number of nitrogens with one attached hydrogen (secondary N) is 1. The van der Waals surface area contributed by atoms with Crippen LogP contribution in [0.25, 0.3) is 21.3 Å². The number of halogens is 2. The van der Waals surface area contributed by atoms with Crippen molar-refractivity contribution in [3.05, 3.63) is 35.2 Å². The van der Waals surface area contributed by atoms with Crippen molar-refractivity contribution in [3.8, 4) is 11.3 Å². The number of nitrogens with zero attached hydrogens (tertiary/aromatic N) is 3. The van der Waals surface area contributed by atoms with Crippen LogP contribution in [-0.4, -0.2) is 68.9 Å². The molecule has 13 heteroatoms. The fourth-order valence-electron chi connectivity index (χ4n) is 6.03. The van der Waals surface area contributed by atoms with Crippen LogP contribution in [0, 0.1) is 5.41 Å². The van der Waals surface area contributed by atoms with E-state index in [-0.39, 0.29) is 37.2 Å². The molecule has 4 N–H and O–H groups in total. The molecule has 1 aliphatic carbocycles. The third kappa shape index (κ3) is 5.59. The van der Waals surface area contributed by atoms with Crippen LogP contribution in [0.15, 0.2) is 29.6 Å². The van der Waals surface area contributed by atoms with Gasteiger partial charge in [0.05, 0.1) is 39.7 Å². The zero-order valence-electron chi connectivity index (χ0n) is 22.5. The predicted octanol–water partition coefficient (Wildman–Crippen LogP) is 4.41. The van der Waals surface area contributed by atoms with Gasteiger partial charge in [-0.05, 0) is 66.1 Å². The minimum absolute atomic E-state index is 0.134. The van der Waals surface area contributed by atoms with Crippen molar-refractivity contribution in [1.29, 1.82) is 0 Å². The molecule has 1 spiro atoms. The summed E-state index contributed by atoms with van der Waals surface area (Å²) in [7, 11) is -3.93. The molecular weight excluding hydrogens is 572 g/mol. The van der Waals surface area contributed by atoms with Crippen LogP contribution in [0.2, 0.25) is 0 Å². The molecule has 1 aromatic carbocycles. The summed E-state index contributed by atoms with van der Waals surface area (Å²) in [4.78, 5) is 21.7. The zero-order chi connectivity index (χ0) is 29.0. The molecule has 220 valence electrons. The van der Waals surface area contributed by atoms with Gasteiger partial charge in [0.1, 0.15) is 5.82 Å². The maximum Gasteiger partial charge on any atom is 0.251 e. The molecule has 0 atom stereocenters. The molecule has 3 aromatic rings. The SMILES string of the molecule is NC(=O)c1ccc(NS(=O)(=O)CCO)c(-c2cc3ccsc3c(N3CCC(F)(F)CC3)n2)c1N1CCC2(CC1)CC2. The van der Waals surface area contributed by atoms with Crippen LogP contribution in [0.1, 0.15) is 48.9 Å². The van der Waals surface area contributed by atoms with Gasteiger partial charge in [0.2, 0.25) is 10.0 Å². The number of fused-ring (bicyclic) bond motifs is 1. The number of amides is 1. The number of nitrogens with two attached hydrogens (primary N) is 1. The number of aliphatic hydroxyl groups is 1. The van der Waals surface area contributed by atoms with Crippen LogP contribution in [-0.2, 0) is 10.0 Å². The summed E-state index contributed by atoms with van der Waals surface area (Å²) in [5.41, 5.74) is 8.01. The van der Waals surface area contributed by atoms with Gasteiger partial charge in [-0.2, -0.15) is 0 Å². The van der Waals surface area contributed by atoms with Crippen molar-refractivity contribution in [2.45, 2.75) is 44.4 Å². The Hall–Kier alpha value is -3.03. The second kappa shape index (κ2) is 10.4. The number of hydrogen-bond donors (Lipinski definition) is 3. The summed E-state index contributed by atoms with van der Waals surface area (Å²) >= 11 is 1.46. The Morgan fingerprint density at radius 2 is 1.73 bits per heavy atom. The van der Waals surface area contributed by atoms with Crippen LogP contribution in [0.3, 0.4) is 0 Å². The Labute approximate surface area is 241 Å². The van der Waals surface area contributed by atoms with E-state index >= 15 is 0 Å². The first-order valence-corrected chi connectivity index (χ1v) is 16.4. The number of aromatic nitrogens is 1. The number of aliphatic hydroxyl groups excluding tert-OH is 1. The predicted molar refractivity (Wildman–Crippen MR) is 158 cm³/mol. The molecule has 0 radical (unpaired) electrons. The minimum Gasteiger partial charge on any atom is -0.395 e. The summed E-state index contributed by atoms with van der Waals surface area (Å²) in [5, 5.41) is 12.1. The molecule has 3 aliphatic rings. The van der Waals surface area contributed by atoms with Crippen LogP contribution in [0.5, 0.6) is 0 Å². The Morgan fingerprint density at radius 3 is 2.37 bits per heavy atom. The molecule has 3 fully saturated rings. The maximum absolute atomic E-state index is 14.0. The highest BCUT2D eigenvalue weighted by Gasteiger charge is 2.45. The normalized spacial score (nSPS) is 20.0. The first kappa shape index (κ1) is 28.1. The van der Waals surface area contributed by atoms with Gasteiger partial charge in [-0.3, -0.25) is 9.52 Å². The first-order valence-electron chi connectivity index (χ1n) is 13.8. The van der Waals surface area contributed by atoms with E-state index in [0.29, 0.717) is 41.3 Å². The lowest BCUT2D eigenvalue weighted by atomic mass is 9.91. The number of piperidine rings is 2. The van der Waals surface area contributed by atoms with E-state index < -0.39 is 34.2 Å². The minimum atomic E-state index is -3.93. The van der Waals surface area contributed by atoms with Crippen molar-refractivity contribution in [2.24, 2.45) is 11.1 Å². The number of carbonyl (C=O) groups excluding carboxylic acids is 1. The third-order valence-electron chi connectivity index (χ3n) is 8.63. The lowest BCUT2D eigenvalue weighted by Gasteiger charge is -2.36. The van der Waals surface area contributed by atoms with E-state index in [9.17, 15) is 27.1 Å². The topological polar surface area (TPSA) is 129 Å². The van der Waals surface area contributed by atoms with Gasteiger partial charge in [0, 0.05) is 44.6 Å². The molecule has 9 nitrogen and oxygen atoms in total. The van der Waals surface area contributed by atoms with Gasteiger partial charge >= 0.3 is 0 Å². The maximum atomic E-state index is 14.0. The number of carbonyl (C=O) groups is 1. The fraction of sp³-hybridized carbons (Fsp3) is 0.500. The Kier molecular flexibility index (Phi) is 7.10. The van der Waals surface area contributed by atoms with E-state index in [4.69, 9.17) is 10.7 Å². The fourth-order valence-corrected chi connectivity index (χ4v) is 7.77. The zero-order valence-corrected chi connectivity index (χ0v) is 24.2. The quantitative estimate of drug-likeness (QED) is 0.347. The smallest absolute Gasteiger partial charge is 0.251 e. The first-order chi connectivity index (χ1) is 19.5. The van der Waals surface area contributed by atoms with E-state index in [1.165, 1.54) is 36.3 Å². The molecular formula is C28H33F2N5O4S2. The van der Waals surface area contributed by atoms with Crippen molar-refractivity contribution in [1.82, 2.24) is 4.98 Å². The van der Waals surface area contributed by atoms with Gasteiger partial charge in [0.25, 0.3) is 11.8 Å². The lowest BCUT2D eigenvalue weighted by molar-refractivity contribution is -0.0221. The summed E-state index contributed by atoms with van der Waals surface area (Å²) in [6.07, 6.45) is 3.72. The molecule has 1 saturated carbocycles. The van der Waals surface area contributed by atoms with Crippen LogP contribution >= 0.6 is 11.3 Å². The largest absolute Gasteiger partial charge is 0.395 e. The van der Waals surface area contributed by atoms with E-state index in [0.717, 1.165) is 22.9 Å². The molecule has 0 bridgehead atoms. The number of rotatable bonds is 8. The lowest BCUT2D eigenvalue weighted by Crippen LogP contribution is -2.39. The number of hydrogen-bond acceptors (Lipinski definition) is 8. The van der Waals surface area contributed by atoms with Gasteiger partial charge in [-0.15, -0.1) is 11.3 Å². The second-order valence-electron chi connectivity index (χ2n) is 11.4. The average Bonchev–Trinajstić information content (AvgIpc) is 3.49. The molecule has 2 aromatic heterocycles. The summed E-state index contributed by atoms with van der Waals surface area (Å²) in [5.74, 6) is -3.32. The monoisotopic (exact) mass is 605 g/mol. The number of anilines is 3. The highest BCUT2D eigenvalue weighted by atomic mass is 32.2. The van der Waals surface area contributed by atoms with Gasteiger partial charge in [0.15, 0.2) is 0 Å². The number of sulfonamides is 1. The molecule has 2 aliphatic heterocycles. The van der Waals surface area contributed by atoms with Crippen molar-refractivity contribution in [2.75, 3.05) is 53.1 Å². The number of thiophene rings is 1. The highest BCUT2D eigenvalue weighted by Crippen LogP contribution is 2.55. The Morgan fingerprint density at radius 1 is 1.05 bits per heavy atom. The third-order valence-corrected chi connectivity index (χ3v) is 10.8. The summed E-state index contributed by atoms with van der Waals surface area (Å²) in [6.45, 7) is 1.06. The average molecular weight is 606 g/mol. The summed E-state index contributed by atoms with van der Waals surface area (Å²) in [6, 6.07) is 6.78. The Bertz CT molecular complexity index is 1590. The number of benzene rings is 1. The van der Waals surface area contributed by atoms with Crippen molar-refractivity contribution in [3.63, 3.8) is 0 Å². The van der Waals surface area contributed by atoms with Gasteiger partial charge < -0.3 is 20.6 Å². The Balaban J connectivity index is 1.54. The standard InChI is InChI=1S/C28H33F2N5O4S2/c29-28(30)8-12-35(13-9-28)26-24-18(3-15-40-24)17-21(32-26)22-20(33-41(38,39)16-14-36)2-1-19(25(31)37)23(22)34-10-6-27(4-5-27)7-11-34/h1-3,15,17,33,36H,4-14,16H2,(H2,31,37). The molecule has 1 amide bonds. The van der Waals surface area contributed by atoms with Gasteiger partial charge in [-0.25, -0.2) is 22.2 Å². The van der Waals surface area contributed by atoms with E-state index in [2.05, 4.69) is 9.62 Å². The van der Waals surface area contributed by atoms with Gasteiger partial charge in [-0.1, -0.05) is 0 Å². The van der Waals surface area contributed by atoms with Crippen LogP contribution < -0.4 is 20.3 Å². The van der Waals surface area contributed by atoms with Crippen molar-refractivity contribution < 1.29 is 27.1 Å².